The molecular formula is C12H19NOS. The summed E-state index contributed by atoms with van der Waals surface area (Å²) in [4.78, 5) is 4.47. The molecule has 1 aliphatic rings. The van der Waals surface area contributed by atoms with E-state index in [4.69, 9.17) is 4.74 Å². The highest BCUT2D eigenvalue weighted by Gasteiger charge is 2.35. The van der Waals surface area contributed by atoms with Gasteiger partial charge in [0.05, 0.1) is 0 Å². The maximum Gasteiger partial charge on any atom is 0.125 e. The fourth-order valence-electron chi connectivity index (χ4n) is 2.44. The number of aromatic nitrogens is 1. The average Bonchev–Trinajstić information content (AvgIpc) is 2.68. The second kappa shape index (κ2) is 5.08. The summed E-state index contributed by atoms with van der Waals surface area (Å²) in [6.45, 7) is 2.87. The Morgan fingerprint density at radius 2 is 2.07 bits per heavy atom. The van der Waals surface area contributed by atoms with Crippen molar-refractivity contribution in [2.24, 2.45) is 0 Å². The average molecular weight is 225 g/mol. The summed E-state index contributed by atoms with van der Waals surface area (Å²) >= 11 is 1.74. The molecule has 1 fully saturated rings. The molecule has 3 heteroatoms. The lowest BCUT2D eigenvalue weighted by molar-refractivity contribution is -0.0559. The third-order valence-corrected chi connectivity index (χ3v) is 4.11. The predicted octanol–water partition coefficient (Wildman–Crippen LogP) is 3.73. The largest absolute Gasteiger partial charge is 0.368 e. The fraction of sp³-hybridized carbons (Fsp3) is 0.750. The lowest BCUT2D eigenvalue weighted by atomic mass is 9.95. The van der Waals surface area contributed by atoms with E-state index >= 15 is 0 Å². The summed E-state index contributed by atoms with van der Waals surface area (Å²) in [6.07, 6.45) is 9.44. The molecular weight excluding hydrogens is 206 g/mol. The number of hydrogen-bond donors (Lipinski definition) is 0. The first-order valence-electron chi connectivity index (χ1n) is 5.91. The maximum absolute atomic E-state index is 6.04. The van der Waals surface area contributed by atoms with Crippen molar-refractivity contribution in [2.45, 2.75) is 51.0 Å². The van der Waals surface area contributed by atoms with Crippen LogP contribution in [-0.4, -0.2) is 11.6 Å². The number of ether oxygens (including phenoxy) is 1. The highest BCUT2D eigenvalue weighted by Crippen LogP contribution is 2.40. The third kappa shape index (κ3) is 2.40. The molecule has 0 aliphatic heterocycles. The van der Waals surface area contributed by atoms with E-state index in [0.717, 1.165) is 19.4 Å². The van der Waals surface area contributed by atoms with Gasteiger partial charge in [0.25, 0.3) is 0 Å². The van der Waals surface area contributed by atoms with Crippen molar-refractivity contribution in [2.75, 3.05) is 6.61 Å². The molecule has 1 heterocycles. The van der Waals surface area contributed by atoms with Gasteiger partial charge in [0, 0.05) is 18.2 Å². The van der Waals surface area contributed by atoms with Gasteiger partial charge in [-0.1, -0.05) is 25.7 Å². The number of hydrogen-bond acceptors (Lipinski definition) is 3. The molecule has 0 saturated heterocycles. The molecule has 0 amide bonds. The summed E-state index contributed by atoms with van der Waals surface area (Å²) < 4.78 is 6.04. The Morgan fingerprint density at radius 1 is 1.33 bits per heavy atom. The van der Waals surface area contributed by atoms with Gasteiger partial charge in [-0.15, -0.1) is 11.3 Å². The van der Waals surface area contributed by atoms with Gasteiger partial charge >= 0.3 is 0 Å². The van der Waals surface area contributed by atoms with Crippen LogP contribution < -0.4 is 0 Å². The molecule has 1 aliphatic carbocycles. The zero-order valence-electron chi connectivity index (χ0n) is 9.37. The van der Waals surface area contributed by atoms with Crippen LogP contribution in [0.2, 0.25) is 0 Å². The van der Waals surface area contributed by atoms with Gasteiger partial charge < -0.3 is 4.74 Å². The minimum Gasteiger partial charge on any atom is -0.368 e. The Morgan fingerprint density at radius 3 is 2.60 bits per heavy atom. The number of rotatable bonds is 3. The topological polar surface area (TPSA) is 22.1 Å². The Kier molecular flexibility index (Phi) is 3.76. The van der Waals surface area contributed by atoms with Crippen LogP contribution in [-0.2, 0) is 10.3 Å². The smallest absolute Gasteiger partial charge is 0.125 e. The van der Waals surface area contributed by atoms with Gasteiger partial charge in [-0.25, -0.2) is 4.98 Å². The Labute approximate surface area is 95.7 Å². The van der Waals surface area contributed by atoms with Crippen molar-refractivity contribution < 1.29 is 4.74 Å². The van der Waals surface area contributed by atoms with E-state index < -0.39 is 0 Å². The van der Waals surface area contributed by atoms with E-state index in [0.29, 0.717) is 0 Å². The van der Waals surface area contributed by atoms with E-state index in [-0.39, 0.29) is 5.60 Å². The van der Waals surface area contributed by atoms with Gasteiger partial charge in [0.1, 0.15) is 10.6 Å². The Bertz CT molecular complexity index is 276. The molecule has 0 N–H and O–H groups in total. The summed E-state index contributed by atoms with van der Waals surface area (Å²) in [5.74, 6) is 0. The van der Waals surface area contributed by atoms with Crippen LogP contribution in [0.3, 0.4) is 0 Å². The van der Waals surface area contributed by atoms with Crippen molar-refractivity contribution >= 4 is 11.3 Å². The number of thiazole rings is 1. The third-order valence-electron chi connectivity index (χ3n) is 3.15. The van der Waals surface area contributed by atoms with Crippen molar-refractivity contribution in [1.29, 1.82) is 0 Å². The summed E-state index contributed by atoms with van der Waals surface area (Å²) in [7, 11) is 0. The van der Waals surface area contributed by atoms with Gasteiger partial charge in [-0.05, 0) is 19.8 Å². The van der Waals surface area contributed by atoms with Gasteiger partial charge in [0.15, 0.2) is 0 Å². The van der Waals surface area contributed by atoms with Crippen LogP contribution in [0, 0.1) is 0 Å². The van der Waals surface area contributed by atoms with Gasteiger partial charge in [-0.3, -0.25) is 0 Å². The lowest BCUT2D eigenvalue weighted by Gasteiger charge is -2.30. The van der Waals surface area contributed by atoms with E-state index in [9.17, 15) is 0 Å². The molecule has 0 radical (unpaired) electrons. The predicted molar refractivity (Wildman–Crippen MR) is 63.1 cm³/mol. The minimum absolute atomic E-state index is 0.0561. The minimum atomic E-state index is -0.0561. The van der Waals surface area contributed by atoms with Crippen LogP contribution in [0.5, 0.6) is 0 Å². The first-order chi connectivity index (χ1) is 7.37. The first kappa shape index (κ1) is 11.1. The van der Waals surface area contributed by atoms with E-state index in [1.54, 1.807) is 11.3 Å². The van der Waals surface area contributed by atoms with E-state index in [1.807, 2.05) is 6.20 Å². The monoisotopic (exact) mass is 225 g/mol. The molecule has 15 heavy (non-hydrogen) atoms. The second-order valence-electron chi connectivity index (χ2n) is 4.18. The zero-order chi connectivity index (χ0) is 10.6. The van der Waals surface area contributed by atoms with Crippen LogP contribution >= 0.6 is 11.3 Å². The molecule has 1 aromatic rings. The van der Waals surface area contributed by atoms with E-state index in [2.05, 4.69) is 17.3 Å². The molecule has 0 spiro atoms. The van der Waals surface area contributed by atoms with Crippen LogP contribution in [0.4, 0.5) is 0 Å². The lowest BCUT2D eigenvalue weighted by Crippen LogP contribution is -2.29. The van der Waals surface area contributed by atoms with E-state index in [1.165, 1.54) is 30.7 Å². The van der Waals surface area contributed by atoms with Crippen molar-refractivity contribution in [3.05, 3.63) is 16.6 Å². The summed E-state index contributed by atoms with van der Waals surface area (Å²) in [6, 6.07) is 0. The molecule has 2 nitrogen and oxygen atoms in total. The van der Waals surface area contributed by atoms with Crippen molar-refractivity contribution in [3.63, 3.8) is 0 Å². The number of nitrogens with zero attached hydrogens (tertiary/aromatic N) is 1. The summed E-state index contributed by atoms with van der Waals surface area (Å²) in [5, 5.41) is 3.24. The zero-order valence-corrected chi connectivity index (χ0v) is 10.2. The molecule has 0 bridgehead atoms. The molecule has 2 rings (SSSR count). The molecule has 0 unspecified atom stereocenters. The van der Waals surface area contributed by atoms with Crippen molar-refractivity contribution in [1.82, 2.24) is 4.98 Å². The van der Waals surface area contributed by atoms with Crippen LogP contribution in [0.1, 0.15) is 50.5 Å². The highest BCUT2D eigenvalue weighted by atomic mass is 32.1. The normalized spacial score (nSPS) is 21.1. The molecule has 84 valence electrons. The second-order valence-corrected chi connectivity index (χ2v) is 5.07. The van der Waals surface area contributed by atoms with Crippen LogP contribution in [0.15, 0.2) is 11.6 Å². The van der Waals surface area contributed by atoms with Gasteiger partial charge in [-0.2, -0.15) is 0 Å². The quantitative estimate of drug-likeness (QED) is 0.731. The fourth-order valence-corrected chi connectivity index (χ4v) is 3.29. The standard InChI is InChI=1S/C12H19NOS/c1-2-14-12(11-13-9-10-15-11)7-5-3-4-6-8-12/h9-10H,2-8H2,1H3. The summed E-state index contributed by atoms with van der Waals surface area (Å²) in [5.41, 5.74) is -0.0561. The van der Waals surface area contributed by atoms with Gasteiger partial charge in [0.2, 0.25) is 0 Å². The molecule has 1 saturated carbocycles. The SMILES string of the molecule is CCOC1(c2nccs2)CCCCCC1. The highest BCUT2D eigenvalue weighted by molar-refractivity contribution is 7.09. The Hall–Kier alpha value is -0.410. The molecule has 0 aromatic carbocycles. The molecule has 0 atom stereocenters. The van der Waals surface area contributed by atoms with Crippen LogP contribution in [0.25, 0.3) is 0 Å². The molecule has 1 aromatic heterocycles. The van der Waals surface area contributed by atoms with Crippen molar-refractivity contribution in [3.8, 4) is 0 Å². The Balaban J connectivity index is 2.21. The maximum atomic E-state index is 6.04. The first-order valence-corrected chi connectivity index (χ1v) is 6.79.